The Morgan fingerprint density at radius 1 is 0.467 bits per heavy atom. The molecule has 6 aliphatic heterocycles. The van der Waals surface area contributed by atoms with Gasteiger partial charge in [-0.25, -0.2) is 65.8 Å². The summed E-state index contributed by atoms with van der Waals surface area (Å²) in [5.74, 6) is -3.66. The Hall–Kier alpha value is -12.7. The fraction of sp³-hybridized carbons (Fsp3) is 0.278. The smallest absolute Gasteiger partial charge is 0.414 e. The lowest BCUT2D eigenvalue weighted by atomic mass is 10.0. The predicted octanol–water partition coefficient (Wildman–Crippen LogP) is 13.5. The van der Waals surface area contributed by atoms with Crippen molar-refractivity contribution in [3.63, 3.8) is 0 Å². The summed E-state index contributed by atoms with van der Waals surface area (Å²) in [6.45, 7) is 14.0. The minimum Gasteiger partial charge on any atom is -1.00 e. The molecule has 3 aromatic heterocycles. The highest BCUT2D eigenvalue weighted by molar-refractivity contribution is 6.33. The molecule has 32 heteroatoms. The van der Waals surface area contributed by atoms with Crippen molar-refractivity contribution in [1.82, 2.24) is 45.0 Å². The van der Waals surface area contributed by atoms with E-state index in [1.807, 2.05) is 96.1 Å². The number of hydrogen-bond acceptors (Lipinski definition) is 19. The molecule has 0 saturated carbocycles. The van der Waals surface area contributed by atoms with Crippen LogP contribution < -0.4 is 69.1 Å². The molecule has 11 aromatic rings. The number of amides is 5. The van der Waals surface area contributed by atoms with Crippen LogP contribution in [0.2, 0.25) is 5.15 Å². The number of hydrogen-bond donors (Lipinski definition) is 3. The Labute approximate surface area is 721 Å². The van der Waals surface area contributed by atoms with Crippen LogP contribution in [0.3, 0.4) is 0 Å². The minimum absolute atomic E-state index is 0. The zero-order valence-electron chi connectivity index (χ0n) is 68.1. The number of carbonyl (C=O) groups excluding carboxylic acids is 5. The monoisotopic (exact) mass is 1800 g/mol. The quantitative estimate of drug-likeness (QED) is 0.0372. The maximum absolute atomic E-state index is 14.9. The highest BCUT2D eigenvalue weighted by Gasteiger charge is 2.39. The number of nitrogens with one attached hydrogen (secondary N) is 2. The summed E-state index contributed by atoms with van der Waals surface area (Å²) in [6.07, 6.45) is 2.30. The first-order valence-corrected chi connectivity index (χ1v) is 39.1. The molecule has 6 aliphatic rings. The van der Waals surface area contributed by atoms with Crippen molar-refractivity contribution in [1.29, 1.82) is 0 Å². The van der Waals surface area contributed by atoms with Crippen molar-refractivity contribution >= 4 is 64.3 Å². The first kappa shape index (κ1) is 87.2. The van der Waals surface area contributed by atoms with E-state index in [2.05, 4.69) is 46.6 Å². The molecular formula is C90H84ClF6IN13O11-. The van der Waals surface area contributed by atoms with Gasteiger partial charge in [0.1, 0.15) is 79.8 Å². The van der Waals surface area contributed by atoms with Crippen molar-refractivity contribution in [2.75, 3.05) is 68.9 Å². The third kappa shape index (κ3) is 18.9. The van der Waals surface area contributed by atoms with E-state index >= 15 is 0 Å². The van der Waals surface area contributed by atoms with Crippen molar-refractivity contribution < 1.29 is 103 Å². The molecule has 0 atom stereocenters. The average Bonchev–Trinajstić information content (AvgIpc) is 1.60. The fourth-order valence-corrected chi connectivity index (χ4v) is 15.2. The van der Waals surface area contributed by atoms with Gasteiger partial charge in [0.2, 0.25) is 0 Å². The second-order valence-corrected chi connectivity index (χ2v) is 31.4. The number of halogens is 8. The molecule has 632 valence electrons. The third-order valence-corrected chi connectivity index (χ3v) is 20.8. The molecule has 24 nitrogen and oxygen atoms in total. The number of ether oxygens (including phenoxy) is 6. The van der Waals surface area contributed by atoms with Crippen LogP contribution >= 0.6 is 11.6 Å². The van der Waals surface area contributed by atoms with Crippen molar-refractivity contribution in [3.05, 3.63) is 270 Å². The van der Waals surface area contributed by atoms with Gasteiger partial charge in [0, 0.05) is 67.1 Å². The van der Waals surface area contributed by atoms with Crippen LogP contribution in [0.4, 0.5) is 58.7 Å². The molecule has 17 rings (SSSR count). The van der Waals surface area contributed by atoms with Gasteiger partial charge >= 0.3 is 12.2 Å². The number of nitrogens with two attached hydrogens (primary N) is 1. The Bertz CT molecular complexity index is 5900. The Balaban J connectivity index is 0.000000148. The molecule has 0 unspecified atom stereocenters. The second kappa shape index (κ2) is 36.3. The van der Waals surface area contributed by atoms with E-state index in [9.17, 15) is 50.3 Å². The summed E-state index contributed by atoms with van der Waals surface area (Å²) in [5.41, 5.74) is 16.3. The van der Waals surface area contributed by atoms with Gasteiger partial charge in [-0.1, -0.05) is 60.1 Å². The zero-order valence-corrected chi connectivity index (χ0v) is 71.0. The molecule has 122 heavy (non-hydrogen) atoms. The highest BCUT2D eigenvalue weighted by atomic mass is 127. The van der Waals surface area contributed by atoms with Gasteiger partial charge in [-0.05, 0) is 174 Å². The van der Waals surface area contributed by atoms with E-state index in [0.717, 1.165) is 94.1 Å². The molecule has 8 aromatic carbocycles. The number of carbonyl (C=O) groups is 5. The van der Waals surface area contributed by atoms with Gasteiger partial charge < -0.3 is 78.6 Å². The highest BCUT2D eigenvalue weighted by Crippen LogP contribution is 2.40. The normalized spacial score (nSPS) is 13.8. The maximum atomic E-state index is 14.9. The Morgan fingerprint density at radius 3 is 1.37 bits per heavy atom. The van der Waals surface area contributed by atoms with Crippen molar-refractivity contribution in [3.8, 4) is 57.2 Å². The average molecular weight is 1800 g/mol. The standard InChI is InChI=1S/C35H34F2N4O5.C21H16ClF2N3O3.C21H16F2N4O.C13H18N2O2.HI/c1-35(2,3)46-34(43)41-14-13-21-10-9-20(16-28(21)41)15-26-31-27(39-32(38-26)30-24(36)7-6-8-25(30)37)19-40(33(31)42)18-22-11-12-23(44-4)17-29(22)45-5;1-29-12-7-6-11(16(8-12)30-2)9-27-10-15-18(21(27)28)19(22)26-20(25-15)17-13(23)4-3-5-14(17)24;22-13-2-1-3-14(23)18(13)20-26-16(19-17(27-20)10-25-21(19)28)9-11-4-5-12-6-7-24-15(12)8-11;1-13(2,3)17-12(16)15-7-6-9-4-5-10(14)8-11(9)15;/h6-12,16-17H,13-15,18-19H2,1-5H3;3-8H,9-10H2,1-2H3;1-5,8,24H,6-7,9-10H2,(H,25,28);4-5,8H,6-7,14H2,1-3H3;1H/p-1. The van der Waals surface area contributed by atoms with Crippen LogP contribution in [0.5, 0.6) is 23.0 Å². The molecule has 4 N–H and O–H groups in total. The van der Waals surface area contributed by atoms with Crippen molar-refractivity contribution in [2.45, 2.75) is 118 Å². The number of nitrogen functional groups attached to an aromatic ring is 1. The fourth-order valence-electron chi connectivity index (χ4n) is 14.9. The van der Waals surface area contributed by atoms with E-state index in [1.54, 1.807) is 59.3 Å². The number of anilines is 4. The number of rotatable bonds is 15. The molecule has 0 saturated heterocycles. The van der Waals surface area contributed by atoms with E-state index < -0.39 is 52.2 Å². The topological polar surface area (TPSA) is 281 Å². The predicted molar refractivity (Wildman–Crippen MR) is 441 cm³/mol. The Morgan fingerprint density at radius 2 is 0.893 bits per heavy atom. The number of nitrogens with zero attached hydrogens (tertiary/aromatic N) is 10. The SMILES string of the molecule is CC(C)(C)OC(=O)N1CCc2ccc(N)cc21.COc1ccc(CN2Cc3nc(-c4c(F)cccc4F)nc(Cc4ccc5c(c4)N(C(=O)OC(C)(C)C)CC5)c3C2=O)c(OC)c1.COc1ccc(CN2Cc3nc(-c4c(F)cccc4F)nc(Cl)c3C2=O)c(OC)c1.O=C1NCc2nc(-c3c(F)cccc3F)nc(Cc3ccc4c(c3)NCC4)c21.[I-]. The summed E-state index contributed by atoms with van der Waals surface area (Å²) < 4.78 is 119. The molecule has 0 spiro atoms. The summed E-state index contributed by atoms with van der Waals surface area (Å²) in [4.78, 5) is 96.4. The lowest BCUT2D eigenvalue weighted by Gasteiger charge is -2.25. The zero-order chi connectivity index (χ0) is 86.0. The van der Waals surface area contributed by atoms with Gasteiger partial charge in [-0.2, -0.15) is 0 Å². The van der Waals surface area contributed by atoms with Gasteiger partial charge in [-0.3, -0.25) is 24.2 Å². The molecule has 5 amide bonds. The van der Waals surface area contributed by atoms with Crippen LogP contribution in [0.25, 0.3) is 34.2 Å². The Kier molecular flexibility index (Phi) is 26.0. The van der Waals surface area contributed by atoms with Gasteiger partial charge in [0.25, 0.3) is 17.7 Å². The summed E-state index contributed by atoms with van der Waals surface area (Å²) in [5, 5.41) is 5.90. The van der Waals surface area contributed by atoms with Crippen LogP contribution in [-0.2, 0) is 74.3 Å². The molecule has 0 bridgehead atoms. The van der Waals surface area contributed by atoms with Gasteiger partial charge in [0.05, 0.1) is 129 Å². The van der Waals surface area contributed by atoms with E-state index in [-0.39, 0.29) is 137 Å². The second-order valence-electron chi connectivity index (χ2n) is 31.1. The summed E-state index contributed by atoms with van der Waals surface area (Å²) >= 11 is 6.21. The molecular weight excluding hydrogens is 1720 g/mol. The van der Waals surface area contributed by atoms with Crippen LogP contribution in [0.15, 0.2) is 146 Å². The van der Waals surface area contributed by atoms with Crippen molar-refractivity contribution in [2.24, 2.45) is 0 Å². The summed E-state index contributed by atoms with van der Waals surface area (Å²) in [6, 6.07) is 38.8. The van der Waals surface area contributed by atoms with E-state index in [1.165, 1.54) is 55.0 Å². The molecule has 0 fully saturated rings. The lowest BCUT2D eigenvalue weighted by Crippen LogP contribution is -3.00. The first-order valence-electron chi connectivity index (χ1n) is 38.7. The minimum atomic E-state index is -0.810. The van der Waals surface area contributed by atoms with Gasteiger partial charge in [-0.15, -0.1) is 0 Å². The van der Waals surface area contributed by atoms with Gasteiger partial charge in [0.15, 0.2) is 17.5 Å². The third-order valence-electron chi connectivity index (χ3n) is 20.6. The number of benzene rings is 8. The lowest BCUT2D eigenvalue weighted by molar-refractivity contribution is -0.0000882. The molecule has 9 heterocycles. The first-order chi connectivity index (χ1) is 57.8. The number of fused-ring (bicyclic) bond motifs is 6. The number of methoxy groups -OCH3 is 4. The summed E-state index contributed by atoms with van der Waals surface area (Å²) in [7, 11) is 6.17. The van der Waals surface area contributed by atoms with Crippen LogP contribution in [0, 0.1) is 34.9 Å². The largest absolute Gasteiger partial charge is 1.00 e. The maximum Gasteiger partial charge on any atom is 0.414 e. The van der Waals surface area contributed by atoms with E-state index in [0.29, 0.717) is 88.6 Å². The van der Waals surface area contributed by atoms with Crippen LogP contribution in [0.1, 0.15) is 140 Å². The molecule has 0 radical (unpaired) electrons. The van der Waals surface area contributed by atoms with E-state index in [4.69, 9.17) is 45.8 Å². The number of aromatic nitrogens is 6. The van der Waals surface area contributed by atoms with Crippen LogP contribution in [-0.4, -0.2) is 129 Å². The molecule has 0 aliphatic carbocycles.